The fourth-order valence-corrected chi connectivity index (χ4v) is 1.81. The van der Waals surface area contributed by atoms with Crippen LogP contribution in [0.2, 0.25) is 0 Å². The summed E-state index contributed by atoms with van der Waals surface area (Å²) in [5.74, 6) is 0.801. The lowest BCUT2D eigenvalue weighted by atomic mass is 10.3. The second-order valence-electron chi connectivity index (χ2n) is 2.33. The smallest absolute Gasteiger partial charge is 0.283 e. The van der Waals surface area contributed by atoms with Gasteiger partial charge in [-0.2, -0.15) is 0 Å². The first-order chi connectivity index (χ1) is 6.24. The van der Waals surface area contributed by atoms with Gasteiger partial charge >= 0.3 is 0 Å². The Hall–Kier alpha value is -0.230. The minimum Gasteiger partial charge on any atom is -0.316 e. The van der Waals surface area contributed by atoms with Crippen LogP contribution in [0.4, 0.5) is 10.5 Å². The summed E-state index contributed by atoms with van der Waals surface area (Å²) in [5.41, 5.74) is 0.883. The Kier molecular flexibility index (Phi) is 4.58. The van der Waals surface area contributed by atoms with Crippen LogP contribution in [0, 0.1) is 3.57 Å². The van der Waals surface area contributed by atoms with Crippen molar-refractivity contribution in [1.82, 2.24) is 0 Å². The molecule has 0 unspecified atom stereocenters. The number of nitrogens with one attached hydrogen (secondary N) is 1. The lowest BCUT2D eigenvalue weighted by Gasteiger charge is -2.04. The zero-order chi connectivity index (χ0) is 9.68. The molecule has 0 saturated carbocycles. The van der Waals surface area contributed by atoms with E-state index in [0.29, 0.717) is 0 Å². The summed E-state index contributed by atoms with van der Waals surface area (Å²) in [6.45, 7) is 1.96. The summed E-state index contributed by atoms with van der Waals surface area (Å²) >= 11 is 3.48. The highest BCUT2D eigenvalue weighted by atomic mass is 127. The molecule has 0 saturated heterocycles. The number of carbonyl (C=O) groups is 1. The maximum absolute atomic E-state index is 11.2. The van der Waals surface area contributed by atoms with Gasteiger partial charge in [-0.15, -0.1) is 0 Å². The molecule has 1 aromatic carbocycles. The Morgan fingerprint density at radius 3 is 2.85 bits per heavy atom. The van der Waals surface area contributed by atoms with Gasteiger partial charge in [0.15, 0.2) is 0 Å². The van der Waals surface area contributed by atoms with E-state index >= 15 is 0 Å². The molecule has 13 heavy (non-hydrogen) atoms. The fourth-order valence-electron chi connectivity index (χ4n) is 0.840. The van der Waals surface area contributed by atoms with Gasteiger partial charge < -0.3 is 5.32 Å². The monoisotopic (exact) mass is 307 g/mol. The van der Waals surface area contributed by atoms with E-state index in [1.807, 2.05) is 31.2 Å². The van der Waals surface area contributed by atoms with Crippen LogP contribution >= 0.6 is 34.4 Å². The average molecular weight is 307 g/mol. The SMILES string of the molecule is CCSC(=O)Nc1ccccc1I. The largest absolute Gasteiger partial charge is 0.316 e. The molecule has 0 aliphatic heterocycles. The maximum atomic E-state index is 11.2. The number of anilines is 1. The Labute approximate surface area is 95.6 Å². The van der Waals surface area contributed by atoms with Crippen molar-refractivity contribution in [1.29, 1.82) is 0 Å². The Morgan fingerprint density at radius 2 is 2.23 bits per heavy atom. The van der Waals surface area contributed by atoms with Gasteiger partial charge in [0.05, 0.1) is 5.69 Å². The molecule has 0 bridgehead atoms. The van der Waals surface area contributed by atoms with Crippen LogP contribution in [0.1, 0.15) is 6.92 Å². The molecule has 0 fully saturated rings. The summed E-state index contributed by atoms with van der Waals surface area (Å²) < 4.78 is 1.06. The molecule has 2 nitrogen and oxygen atoms in total. The van der Waals surface area contributed by atoms with Crippen molar-refractivity contribution < 1.29 is 4.79 Å². The van der Waals surface area contributed by atoms with Gasteiger partial charge in [0.25, 0.3) is 5.24 Å². The molecule has 0 aromatic heterocycles. The van der Waals surface area contributed by atoms with Crippen LogP contribution in [0.25, 0.3) is 0 Å². The summed E-state index contributed by atoms with van der Waals surface area (Å²) in [6, 6.07) is 7.72. The van der Waals surface area contributed by atoms with Crippen molar-refractivity contribution in [2.45, 2.75) is 6.92 Å². The normalized spacial score (nSPS) is 9.69. The lowest BCUT2D eigenvalue weighted by Crippen LogP contribution is -2.06. The predicted octanol–water partition coefficient (Wildman–Crippen LogP) is 3.58. The van der Waals surface area contributed by atoms with Gasteiger partial charge in [-0.05, 0) is 40.5 Å². The minimum atomic E-state index is 0.00613. The number of halogens is 1. The molecule has 1 aromatic rings. The van der Waals surface area contributed by atoms with Crippen molar-refractivity contribution in [3.63, 3.8) is 0 Å². The molecular formula is C9H10INOS. The van der Waals surface area contributed by atoms with Gasteiger partial charge in [-0.1, -0.05) is 30.8 Å². The molecule has 0 heterocycles. The fraction of sp³-hybridized carbons (Fsp3) is 0.222. The van der Waals surface area contributed by atoms with Crippen LogP contribution < -0.4 is 5.32 Å². The second kappa shape index (κ2) is 5.49. The molecule has 0 aliphatic carbocycles. The molecule has 70 valence electrons. The number of benzene rings is 1. The van der Waals surface area contributed by atoms with Gasteiger partial charge in [0, 0.05) is 3.57 Å². The predicted molar refractivity (Wildman–Crippen MR) is 66.3 cm³/mol. The average Bonchev–Trinajstić information content (AvgIpc) is 2.09. The molecule has 1 amide bonds. The second-order valence-corrected chi connectivity index (χ2v) is 4.72. The van der Waals surface area contributed by atoms with Crippen LogP contribution in [0.3, 0.4) is 0 Å². The quantitative estimate of drug-likeness (QED) is 0.846. The molecule has 4 heteroatoms. The number of amides is 1. The first kappa shape index (κ1) is 10.8. The van der Waals surface area contributed by atoms with Crippen LogP contribution in [0.5, 0.6) is 0 Å². The molecule has 0 aliphatic rings. The van der Waals surface area contributed by atoms with E-state index in [4.69, 9.17) is 0 Å². The zero-order valence-corrected chi connectivity index (χ0v) is 10.2. The minimum absolute atomic E-state index is 0.00613. The highest BCUT2D eigenvalue weighted by Gasteiger charge is 2.03. The number of hydrogen-bond donors (Lipinski definition) is 1. The Balaban J connectivity index is 2.63. The van der Waals surface area contributed by atoms with Crippen molar-refractivity contribution in [2.75, 3.05) is 11.1 Å². The number of para-hydroxylation sites is 1. The zero-order valence-electron chi connectivity index (χ0n) is 7.21. The topological polar surface area (TPSA) is 29.1 Å². The van der Waals surface area contributed by atoms with E-state index in [0.717, 1.165) is 15.0 Å². The molecule has 0 radical (unpaired) electrons. The third-order valence-corrected chi connectivity index (χ3v) is 2.98. The van der Waals surface area contributed by atoms with E-state index in [1.165, 1.54) is 11.8 Å². The lowest BCUT2D eigenvalue weighted by molar-refractivity contribution is 0.270. The van der Waals surface area contributed by atoms with Crippen LogP contribution in [-0.2, 0) is 0 Å². The third-order valence-electron chi connectivity index (χ3n) is 1.39. The van der Waals surface area contributed by atoms with E-state index < -0.39 is 0 Å². The third kappa shape index (κ3) is 3.56. The van der Waals surface area contributed by atoms with Crippen LogP contribution in [-0.4, -0.2) is 11.0 Å². The molecule has 1 N–H and O–H groups in total. The molecule has 0 spiro atoms. The van der Waals surface area contributed by atoms with E-state index in [1.54, 1.807) is 0 Å². The first-order valence-electron chi connectivity index (χ1n) is 3.92. The Bertz CT molecular complexity index is 303. The van der Waals surface area contributed by atoms with E-state index in [9.17, 15) is 4.79 Å². The van der Waals surface area contributed by atoms with Gasteiger partial charge in [0.1, 0.15) is 0 Å². The van der Waals surface area contributed by atoms with Gasteiger partial charge in [0.2, 0.25) is 0 Å². The van der Waals surface area contributed by atoms with Crippen LogP contribution in [0.15, 0.2) is 24.3 Å². The number of rotatable bonds is 2. The number of hydrogen-bond acceptors (Lipinski definition) is 2. The van der Waals surface area contributed by atoms with E-state index in [-0.39, 0.29) is 5.24 Å². The summed E-state index contributed by atoms with van der Waals surface area (Å²) in [6.07, 6.45) is 0. The van der Waals surface area contributed by atoms with Gasteiger partial charge in [-0.3, -0.25) is 4.79 Å². The summed E-state index contributed by atoms with van der Waals surface area (Å²) in [5, 5.41) is 2.83. The van der Waals surface area contributed by atoms with Crippen molar-refractivity contribution in [3.8, 4) is 0 Å². The van der Waals surface area contributed by atoms with Gasteiger partial charge in [-0.25, -0.2) is 0 Å². The number of carbonyl (C=O) groups excluding carboxylic acids is 1. The molecular weight excluding hydrogens is 297 g/mol. The standard InChI is InChI=1S/C9H10INOS/c1-2-13-9(12)11-8-6-4-3-5-7(8)10/h3-6H,2H2,1H3,(H,11,12). The highest BCUT2D eigenvalue weighted by Crippen LogP contribution is 2.18. The maximum Gasteiger partial charge on any atom is 0.283 e. The van der Waals surface area contributed by atoms with Crippen molar-refractivity contribution >= 4 is 45.3 Å². The summed E-state index contributed by atoms with van der Waals surface area (Å²) in [7, 11) is 0. The molecule has 1 rings (SSSR count). The van der Waals surface area contributed by atoms with E-state index in [2.05, 4.69) is 27.9 Å². The Morgan fingerprint density at radius 1 is 1.54 bits per heavy atom. The van der Waals surface area contributed by atoms with Crippen molar-refractivity contribution in [3.05, 3.63) is 27.8 Å². The highest BCUT2D eigenvalue weighted by molar-refractivity contribution is 14.1. The van der Waals surface area contributed by atoms with Crippen molar-refractivity contribution in [2.24, 2.45) is 0 Å². The number of thioether (sulfide) groups is 1. The first-order valence-corrected chi connectivity index (χ1v) is 5.98. The molecule has 0 atom stereocenters. The summed E-state index contributed by atoms with van der Waals surface area (Å²) in [4.78, 5) is 11.2.